The Morgan fingerprint density at radius 2 is 2.19 bits per heavy atom. The van der Waals surface area contributed by atoms with Gasteiger partial charge in [-0.3, -0.25) is 0 Å². The van der Waals surface area contributed by atoms with E-state index in [1.807, 2.05) is 6.92 Å². The topological polar surface area (TPSA) is 122 Å². The van der Waals surface area contributed by atoms with Crippen molar-refractivity contribution in [1.29, 1.82) is 0 Å². The Morgan fingerprint density at radius 1 is 1.48 bits per heavy atom. The molecule has 9 heteroatoms. The number of hydrogen-bond donors (Lipinski definition) is 3. The van der Waals surface area contributed by atoms with Crippen molar-refractivity contribution in [3.05, 3.63) is 42.3 Å². The van der Waals surface area contributed by atoms with Gasteiger partial charge >= 0.3 is 88.4 Å². The number of aromatic nitrogens is 1. The van der Waals surface area contributed by atoms with E-state index in [0.717, 1.165) is 5.56 Å². The van der Waals surface area contributed by atoms with Gasteiger partial charge in [0.15, 0.2) is 0 Å². The zero-order valence-electron chi connectivity index (χ0n) is 11.4. The summed E-state index contributed by atoms with van der Waals surface area (Å²) in [6, 6.07) is 5.64. The summed E-state index contributed by atoms with van der Waals surface area (Å²) in [5.74, 6) is -0.294. The molecule has 1 heterocycles. The molecule has 1 aromatic carbocycles. The van der Waals surface area contributed by atoms with Crippen LogP contribution >= 0.6 is 0 Å². The van der Waals surface area contributed by atoms with Crippen molar-refractivity contribution < 1.29 is 26.3 Å². The SMILES string of the molecule is CC(=O)Nc1cccc([As](=O)(O)OO)c1.Cc1cnoc1. The van der Waals surface area contributed by atoms with Crippen LogP contribution in [0.2, 0.25) is 0 Å². The Labute approximate surface area is 123 Å². The fraction of sp³-hybridized carbons (Fsp3) is 0.167. The molecule has 0 aliphatic carbocycles. The van der Waals surface area contributed by atoms with E-state index in [1.165, 1.54) is 25.1 Å². The monoisotopic (exact) mass is 358 g/mol. The molecule has 1 aromatic heterocycles. The second-order valence-corrected chi connectivity index (χ2v) is 7.65. The molecule has 0 aliphatic heterocycles. The minimum absolute atomic E-state index is 0.0399. The van der Waals surface area contributed by atoms with Crippen LogP contribution in [-0.2, 0) is 12.4 Å². The van der Waals surface area contributed by atoms with E-state index in [4.69, 9.17) is 5.26 Å². The number of anilines is 1. The summed E-state index contributed by atoms with van der Waals surface area (Å²) in [7, 11) is 0. The molecule has 0 aliphatic rings. The van der Waals surface area contributed by atoms with E-state index in [1.54, 1.807) is 18.5 Å². The predicted molar refractivity (Wildman–Crippen MR) is 74.0 cm³/mol. The van der Waals surface area contributed by atoms with Crippen LogP contribution in [0.15, 0.2) is 41.2 Å². The van der Waals surface area contributed by atoms with Gasteiger partial charge in [-0.25, -0.2) is 0 Å². The zero-order valence-corrected chi connectivity index (χ0v) is 13.3. The molecule has 21 heavy (non-hydrogen) atoms. The van der Waals surface area contributed by atoms with Crippen molar-refractivity contribution >= 4 is 30.1 Å². The third kappa shape index (κ3) is 5.97. The third-order valence-corrected chi connectivity index (χ3v) is 4.58. The second-order valence-electron chi connectivity index (χ2n) is 4.04. The molecular formula is C12H15AsN2O6. The van der Waals surface area contributed by atoms with Crippen molar-refractivity contribution in [2.45, 2.75) is 13.8 Å². The summed E-state index contributed by atoms with van der Waals surface area (Å²) in [5.41, 5.74) is 1.43. The molecule has 0 radical (unpaired) electrons. The van der Waals surface area contributed by atoms with Crippen molar-refractivity contribution in [3.8, 4) is 0 Å². The van der Waals surface area contributed by atoms with E-state index in [2.05, 4.69) is 18.9 Å². The quantitative estimate of drug-likeness (QED) is 0.419. The van der Waals surface area contributed by atoms with Gasteiger partial charge in [0.05, 0.1) is 6.20 Å². The van der Waals surface area contributed by atoms with Crippen LogP contribution in [0, 0.1) is 6.92 Å². The van der Waals surface area contributed by atoms with Crippen molar-refractivity contribution in [3.63, 3.8) is 0 Å². The first-order chi connectivity index (χ1) is 9.85. The Balaban J connectivity index is 0.000000304. The average molecular weight is 358 g/mol. The van der Waals surface area contributed by atoms with Crippen molar-refractivity contribution in [1.82, 2.24) is 5.16 Å². The Kier molecular flexibility index (Phi) is 6.38. The minimum Gasteiger partial charge on any atom is -0.365 e. The molecule has 114 valence electrons. The molecule has 0 spiro atoms. The molecule has 1 atom stereocenters. The van der Waals surface area contributed by atoms with Crippen LogP contribution < -0.4 is 9.67 Å². The third-order valence-electron chi connectivity index (χ3n) is 2.16. The van der Waals surface area contributed by atoms with Crippen molar-refractivity contribution in [2.24, 2.45) is 0 Å². The van der Waals surface area contributed by atoms with Crippen LogP contribution in [0.1, 0.15) is 12.5 Å². The van der Waals surface area contributed by atoms with E-state index in [0.29, 0.717) is 5.69 Å². The first-order valence-electron chi connectivity index (χ1n) is 5.75. The van der Waals surface area contributed by atoms with Crippen LogP contribution in [0.3, 0.4) is 0 Å². The smallest absolute Gasteiger partial charge is 0.126 e. The fourth-order valence-electron chi connectivity index (χ4n) is 1.27. The van der Waals surface area contributed by atoms with Gasteiger partial charge in [-0.05, 0) is 6.92 Å². The molecule has 8 nitrogen and oxygen atoms in total. The predicted octanol–water partition coefficient (Wildman–Crippen LogP) is 0.686. The van der Waals surface area contributed by atoms with Crippen LogP contribution in [0.25, 0.3) is 0 Å². The molecule has 0 saturated carbocycles. The van der Waals surface area contributed by atoms with Crippen LogP contribution in [0.5, 0.6) is 0 Å². The van der Waals surface area contributed by atoms with E-state index < -0.39 is 14.2 Å². The molecule has 1 amide bonds. The molecule has 0 fully saturated rings. The number of nitrogens with one attached hydrogen (secondary N) is 1. The van der Waals surface area contributed by atoms with E-state index in [-0.39, 0.29) is 10.3 Å². The molecule has 3 N–H and O–H groups in total. The zero-order chi connectivity index (χ0) is 15.9. The first kappa shape index (κ1) is 17.2. The maximum absolute atomic E-state index is 11.3. The molecule has 2 rings (SSSR count). The number of carbonyl (C=O) groups excluding carboxylic acids is 1. The summed E-state index contributed by atoms with van der Waals surface area (Å²) in [6.45, 7) is 3.25. The molecule has 2 aromatic rings. The number of rotatable bonds is 3. The number of nitrogens with zero attached hydrogens (tertiary/aromatic N) is 1. The van der Waals surface area contributed by atoms with Gasteiger partial charge in [0.1, 0.15) is 6.26 Å². The Morgan fingerprint density at radius 3 is 2.62 bits per heavy atom. The minimum atomic E-state index is -4.83. The normalized spacial score (nSPS) is 12.8. The fourth-order valence-corrected chi connectivity index (χ4v) is 2.68. The second kappa shape index (κ2) is 7.80. The van der Waals surface area contributed by atoms with E-state index in [9.17, 15) is 12.6 Å². The summed E-state index contributed by atoms with van der Waals surface area (Å²) in [5, 5.41) is 14.1. The molecule has 0 saturated heterocycles. The van der Waals surface area contributed by atoms with E-state index >= 15 is 0 Å². The van der Waals surface area contributed by atoms with Gasteiger partial charge in [0, 0.05) is 5.56 Å². The van der Waals surface area contributed by atoms with Crippen LogP contribution in [-0.4, -0.2) is 34.6 Å². The van der Waals surface area contributed by atoms with Gasteiger partial charge in [-0.1, -0.05) is 5.16 Å². The summed E-state index contributed by atoms with van der Waals surface area (Å²) in [6.07, 6.45) is 3.26. The number of benzene rings is 1. The maximum Gasteiger partial charge on any atom is 0.126 e. The first-order valence-corrected chi connectivity index (χ1v) is 9.06. The number of amides is 1. The number of hydrogen-bond acceptors (Lipinski definition) is 6. The number of aryl methyl sites for hydroxylation is 1. The van der Waals surface area contributed by atoms with Gasteiger partial charge in [0.2, 0.25) is 0 Å². The number of carbonyl (C=O) groups is 1. The Bertz CT molecular complexity index is 628. The maximum atomic E-state index is 11.3. The standard InChI is InChI=1S/C8H10AsNO5.C4H5NO/c1-6(11)10-8-4-2-3-7(5-8)9(12,13)15-14;1-4-2-5-6-3-4/h2-5,14H,1H3,(H,10,11)(H,12,13);2-3H,1H3. The van der Waals surface area contributed by atoms with Crippen LogP contribution in [0.4, 0.5) is 5.69 Å². The van der Waals surface area contributed by atoms with Gasteiger partial charge in [0.25, 0.3) is 0 Å². The van der Waals surface area contributed by atoms with Gasteiger partial charge in [-0.2, -0.15) is 0 Å². The summed E-state index contributed by atoms with van der Waals surface area (Å²) in [4.78, 5) is 10.7. The van der Waals surface area contributed by atoms with Gasteiger partial charge in [-0.15, -0.1) is 0 Å². The molecular weight excluding hydrogens is 343 g/mol. The summed E-state index contributed by atoms with van der Waals surface area (Å²) < 4.78 is 28.4. The molecule has 1 unspecified atom stereocenters. The Hall–Kier alpha value is -1.86. The van der Waals surface area contributed by atoms with Crippen molar-refractivity contribution in [2.75, 3.05) is 5.32 Å². The van der Waals surface area contributed by atoms with Gasteiger partial charge < -0.3 is 4.52 Å². The largest absolute Gasteiger partial charge is 0.365 e. The summed E-state index contributed by atoms with van der Waals surface area (Å²) >= 11 is -4.83. The molecule has 0 bridgehead atoms. The average Bonchev–Trinajstić information content (AvgIpc) is 2.90.